The predicted octanol–water partition coefficient (Wildman–Crippen LogP) is 5.00. The summed E-state index contributed by atoms with van der Waals surface area (Å²) in [5, 5.41) is 1.32. The Labute approximate surface area is 183 Å². The molecular formula is C26H26N2O2S. The van der Waals surface area contributed by atoms with E-state index in [1.165, 1.54) is 34.0 Å². The zero-order chi connectivity index (χ0) is 21.8. The molecule has 31 heavy (non-hydrogen) atoms. The Morgan fingerprint density at radius 1 is 0.935 bits per heavy atom. The minimum Gasteiger partial charge on any atom is -0.313 e. The lowest BCUT2D eigenvalue weighted by Crippen LogP contribution is -2.27. The largest absolute Gasteiger partial charge is 0.313 e. The van der Waals surface area contributed by atoms with Crippen LogP contribution in [-0.2, 0) is 22.8 Å². The molecule has 0 amide bonds. The van der Waals surface area contributed by atoms with Gasteiger partial charge in [-0.25, -0.2) is 8.42 Å². The third kappa shape index (κ3) is 3.48. The van der Waals surface area contributed by atoms with Crippen LogP contribution in [0.5, 0.6) is 0 Å². The zero-order valence-electron chi connectivity index (χ0n) is 18.1. The smallest absolute Gasteiger partial charge is 0.175 e. The molecular weight excluding hydrogens is 404 g/mol. The van der Waals surface area contributed by atoms with Gasteiger partial charge in [0.1, 0.15) is 0 Å². The SMILES string of the molecule is Cc1ccc2c(c1)c1c(n2-c2ccccc2-c2ccc(S(C)(=O)=O)cc2)CCN(C)C1. The molecule has 0 unspecified atom stereocenters. The van der Waals surface area contributed by atoms with Crippen molar-refractivity contribution in [1.82, 2.24) is 9.47 Å². The van der Waals surface area contributed by atoms with E-state index in [4.69, 9.17) is 0 Å². The number of hydrogen-bond acceptors (Lipinski definition) is 3. The maximum Gasteiger partial charge on any atom is 0.175 e. The fourth-order valence-corrected chi connectivity index (χ4v) is 5.31. The third-order valence-electron chi connectivity index (χ3n) is 6.23. The van der Waals surface area contributed by atoms with Crippen molar-refractivity contribution in [3.05, 3.63) is 83.6 Å². The molecule has 1 aliphatic rings. The van der Waals surface area contributed by atoms with E-state index < -0.39 is 9.84 Å². The molecule has 0 aliphatic carbocycles. The number of likely N-dealkylation sites (N-methyl/N-ethyl adjacent to an activating group) is 1. The zero-order valence-corrected chi connectivity index (χ0v) is 18.9. The fraction of sp³-hybridized carbons (Fsp3) is 0.231. The summed E-state index contributed by atoms with van der Waals surface area (Å²) in [5.74, 6) is 0. The number of aromatic nitrogens is 1. The highest BCUT2D eigenvalue weighted by atomic mass is 32.2. The van der Waals surface area contributed by atoms with Crippen LogP contribution in [0.25, 0.3) is 27.7 Å². The Bertz CT molecular complexity index is 1400. The average molecular weight is 431 g/mol. The van der Waals surface area contributed by atoms with E-state index in [1.54, 1.807) is 12.1 Å². The van der Waals surface area contributed by atoms with Crippen molar-refractivity contribution in [2.45, 2.75) is 24.8 Å². The number of hydrogen-bond donors (Lipinski definition) is 0. The van der Waals surface area contributed by atoms with Crippen LogP contribution in [0, 0.1) is 6.92 Å². The van der Waals surface area contributed by atoms with E-state index in [2.05, 4.69) is 59.8 Å². The van der Waals surface area contributed by atoms with Gasteiger partial charge >= 0.3 is 0 Å². The molecule has 4 aromatic rings. The number of benzene rings is 3. The van der Waals surface area contributed by atoms with Crippen molar-refractivity contribution in [2.24, 2.45) is 0 Å². The Balaban J connectivity index is 1.75. The van der Waals surface area contributed by atoms with Crippen LogP contribution in [0.3, 0.4) is 0 Å². The third-order valence-corrected chi connectivity index (χ3v) is 7.36. The molecule has 0 saturated heterocycles. The molecule has 0 spiro atoms. The van der Waals surface area contributed by atoms with Crippen LogP contribution in [0.4, 0.5) is 0 Å². The van der Waals surface area contributed by atoms with Gasteiger partial charge < -0.3 is 9.47 Å². The second kappa shape index (κ2) is 7.36. The minimum absolute atomic E-state index is 0.344. The summed E-state index contributed by atoms with van der Waals surface area (Å²) in [6, 6.07) is 22.3. The molecule has 0 fully saturated rings. The topological polar surface area (TPSA) is 42.3 Å². The number of para-hydroxylation sites is 1. The lowest BCUT2D eigenvalue weighted by Gasteiger charge is -2.25. The summed E-state index contributed by atoms with van der Waals surface area (Å²) in [6.07, 6.45) is 2.24. The van der Waals surface area contributed by atoms with E-state index in [1.807, 2.05) is 18.2 Å². The highest BCUT2D eigenvalue weighted by Crippen LogP contribution is 2.37. The first kappa shape index (κ1) is 20.0. The van der Waals surface area contributed by atoms with E-state index in [-0.39, 0.29) is 0 Å². The van der Waals surface area contributed by atoms with Crippen LogP contribution in [0.1, 0.15) is 16.8 Å². The van der Waals surface area contributed by atoms with Gasteiger partial charge in [0.25, 0.3) is 0 Å². The molecule has 158 valence electrons. The molecule has 0 saturated carbocycles. The van der Waals surface area contributed by atoms with Gasteiger partial charge in [0.05, 0.1) is 16.1 Å². The number of sulfone groups is 1. The highest BCUT2D eigenvalue weighted by Gasteiger charge is 2.24. The Morgan fingerprint density at radius 2 is 1.68 bits per heavy atom. The van der Waals surface area contributed by atoms with Crippen molar-refractivity contribution < 1.29 is 8.42 Å². The standard InChI is InChI=1S/C26H26N2O2S/c1-18-8-13-25-22(16-18)23-17-27(2)15-14-26(23)28(25)24-7-5-4-6-21(24)19-9-11-20(12-10-19)31(3,29)30/h4-13,16H,14-15,17H2,1-3H3. The van der Waals surface area contributed by atoms with Crippen molar-refractivity contribution >= 4 is 20.7 Å². The summed E-state index contributed by atoms with van der Waals surface area (Å²) in [5.41, 5.74) is 8.53. The first-order chi connectivity index (χ1) is 14.8. The quantitative estimate of drug-likeness (QED) is 0.459. The first-order valence-electron chi connectivity index (χ1n) is 10.5. The molecule has 0 bridgehead atoms. The maximum atomic E-state index is 11.9. The summed E-state index contributed by atoms with van der Waals surface area (Å²) in [6.45, 7) is 4.13. The predicted molar refractivity (Wildman–Crippen MR) is 127 cm³/mol. The number of nitrogens with zero attached hydrogens (tertiary/aromatic N) is 2. The number of fused-ring (bicyclic) bond motifs is 3. The molecule has 0 N–H and O–H groups in total. The monoisotopic (exact) mass is 430 g/mol. The van der Waals surface area contributed by atoms with Gasteiger partial charge in [-0.3, -0.25) is 0 Å². The average Bonchev–Trinajstić information content (AvgIpc) is 3.06. The van der Waals surface area contributed by atoms with Gasteiger partial charge in [-0.2, -0.15) is 0 Å². The highest BCUT2D eigenvalue weighted by molar-refractivity contribution is 7.90. The van der Waals surface area contributed by atoms with Gasteiger partial charge in [-0.15, -0.1) is 0 Å². The minimum atomic E-state index is -3.22. The van der Waals surface area contributed by atoms with E-state index in [9.17, 15) is 8.42 Å². The Kier molecular flexibility index (Phi) is 4.76. The van der Waals surface area contributed by atoms with Gasteiger partial charge in [0.2, 0.25) is 0 Å². The molecule has 4 nitrogen and oxygen atoms in total. The molecule has 1 aliphatic heterocycles. The van der Waals surface area contributed by atoms with Crippen LogP contribution in [0.2, 0.25) is 0 Å². The summed E-state index contributed by atoms with van der Waals surface area (Å²) in [7, 11) is -1.04. The van der Waals surface area contributed by atoms with Gasteiger partial charge in [-0.1, -0.05) is 42.0 Å². The molecule has 5 rings (SSSR count). The summed E-state index contributed by atoms with van der Waals surface area (Å²) >= 11 is 0. The Morgan fingerprint density at radius 3 is 2.42 bits per heavy atom. The fourth-order valence-electron chi connectivity index (χ4n) is 4.68. The van der Waals surface area contributed by atoms with Crippen LogP contribution in [0.15, 0.2) is 71.6 Å². The molecule has 2 heterocycles. The van der Waals surface area contributed by atoms with E-state index in [0.29, 0.717) is 4.90 Å². The van der Waals surface area contributed by atoms with Crippen molar-refractivity contribution in [2.75, 3.05) is 19.8 Å². The summed E-state index contributed by atoms with van der Waals surface area (Å²) < 4.78 is 26.2. The molecule has 1 aromatic heterocycles. The van der Waals surface area contributed by atoms with Crippen molar-refractivity contribution in [3.8, 4) is 16.8 Å². The number of aryl methyl sites for hydroxylation is 1. The molecule has 0 atom stereocenters. The van der Waals surface area contributed by atoms with Crippen molar-refractivity contribution in [1.29, 1.82) is 0 Å². The first-order valence-corrected chi connectivity index (χ1v) is 12.4. The van der Waals surface area contributed by atoms with Gasteiger partial charge in [0, 0.05) is 42.4 Å². The Hall–Kier alpha value is -2.89. The van der Waals surface area contributed by atoms with Gasteiger partial charge in [0.15, 0.2) is 9.84 Å². The molecule has 3 aromatic carbocycles. The van der Waals surface area contributed by atoms with Crippen LogP contribution in [-0.4, -0.2) is 37.7 Å². The molecule has 5 heteroatoms. The second-order valence-electron chi connectivity index (χ2n) is 8.58. The number of rotatable bonds is 3. The van der Waals surface area contributed by atoms with Crippen LogP contribution >= 0.6 is 0 Å². The summed E-state index contributed by atoms with van der Waals surface area (Å²) in [4.78, 5) is 2.72. The van der Waals surface area contributed by atoms with Crippen LogP contribution < -0.4 is 0 Å². The second-order valence-corrected chi connectivity index (χ2v) is 10.6. The normalized spacial score (nSPS) is 14.7. The van der Waals surface area contributed by atoms with E-state index >= 15 is 0 Å². The van der Waals surface area contributed by atoms with Crippen molar-refractivity contribution in [3.63, 3.8) is 0 Å². The lowest BCUT2D eigenvalue weighted by atomic mass is 10.0. The lowest BCUT2D eigenvalue weighted by molar-refractivity contribution is 0.311. The van der Waals surface area contributed by atoms with E-state index in [0.717, 1.165) is 36.3 Å². The maximum absolute atomic E-state index is 11.9. The van der Waals surface area contributed by atoms with Gasteiger partial charge in [-0.05, 0) is 55.4 Å². The molecule has 0 radical (unpaired) electrons.